The molecule has 1 aromatic rings. The molecule has 0 aliphatic heterocycles. The van der Waals surface area contributed by atoms with Crippen LogP contribution in [-0.2, 0) is 16.0 Å². The molecule has 0 bridgehead atoms. The van der Waals surface area contributed by atoms with Gasteiger partial charge in [0.05, 0.1) is 6.04 Å². The van der Waals surface area contributed by atoms with Gasteiger partial charge < -0.3 is 21.3 Å². The first-order valence-electron chi connectivity index (χ1n) is 6.50. The number of carbonyl (C=O) groups excluding carboxylic acids is 1. The summed E-state index contributed by atoms with van der Waals surface area (Å²) < 4.78 is 0. The number of phenolic OH excluding ortho intramolecular Hbond substituents is 1. The van der Waals surface area contributed by atoms with Gasteiger partial charge in [0.25, 0.3) is 0 Å². The van der Waals surface area contributed by atoms with Crippen molar-refractivity contribution in [2.75, 3.05) is 0 Å². The molecule has 1 rings (SSSR count). The van der Waals surface area contributed by atoms with Gasteiger partial charge in [0, 0.05) is 0 Å². The highest BCUT2D eigenvalue weighted by Gasteiger charge is 2.22. The molecular weight excluding hydrogens is 260 g/mol. The molecule has 0 spiro atoms. The molecule has 6 nitrogen and oxygen atoms in total. The maximum absolute atomic E-state index is 11.9. The summed E-state index contributed by atoms with van der Waals surface area (Å²) in [6, 6.07) is 4.64. The fraction of sp³-hybridized carbons (Fsp3) is 0.429. The van der Waals surface area contributed by atoms with E-state index in [-0.39, 0.29) is 12.2 Å². The van der Waals surface area contributed by atoms with Crippen molar-refractivity contribution >= 4 is 11.9 Å². The van der Waals surface area contributed by atoms with E-state index in [2.05, 4.69) is 5.32 Å². The molecule has 6 heteroatoms. The summed E-state index contributed by atoms with van der Waals surface area (Å²) in [6.07, 6.45) is 1.31. The number of amides is 1. The first kappa shape index (κ1) is 16.0. The van der Waals surface area contributed by atoms with Crippen LogP contribution in [0.2, 0.25) is 0 Å². The number of aromatic hydroxyl groups is 1. The zero-order chi connectivity index (χ0) is 15.1. The summed E-state index contributed by atoms with van der Waals surface area (Å²) in [5.41, 5.74) is 6.56. The van der Waals surface area contributed by atoms with Crippen molar-refractivity contribution in [3.8, 4) is 5.75 Å². The molecule has 20 heavy (non-hydrogen) atoms. The van der Waals surface area contributed by atoms with Gasteiger partial charge in [-0.2, -0.15) is 0 Å². The van der Waals surface area contributed by atoms with Crippen LogP contribution in [0.5, 0.6) is 5.75 Å². The molecule has 1 aromatic carbocycles. The SMILES string of the molecule is CCC[C@H](NC(=O)[C@@H](N)Cc1ccc(O)cc1)C(=O)O. The van der Waals surface area contributed by atoms with E-state index >= 15 is 0 Å². The molecule has 5 N–H and O–H groups in total. The Morgan fingerprint density at radius 1 is 1.30 bits per heavy atom. The number of benzene rings is 1. The Hall–Kier alpha value is -2.08. The van der Waals surface area contributed by atoms with E-state index < -0.39 is 24.0 Å². The van der Waals surface area contributed by atoms with Crippen molar-refractivity contribution < 1.29 is 19.8 Å². The Labute approximate surface area is 117 Å². The average molecular weight is 280 g/mol. The highest BCUT2D eigenvalue weighted by atomic mass is 16.4. The van der Waals surface area contributed by atoms with E-state index in [0.717, 1.165) is 5.56 Å². The molecule has 1 amide bonds. The number of nitrogens with one attached hydrogen (secondary N) is 1. The summed E-state index contributed by atoms with van der Waals surface area (Å²) >= 11 is 0. The number of carboxylic acid groups (broad SMARTS) is 1. The van der Waals surface area contributed by atoms with Crippen LogP contribution in [-0.4, -0.2) is 34.2 Å². The molecule has 110 valence electrons. The topological polar surface area (TPSA) is 113 Å². The van der Waals surface area contributed by atoms with E-state index in [9.17, 15) is 9.59 Å². The lowest BCUT2D eigenvalue weighted by Gasteiger charge is -2.17. The molecule has 2 atom stereocenters. The van der Waals surface area contributed by atoms with Crippen LogP contribution >= 0.6 is 0 Å². The Kier molecular flexibility index (Phi) is 5.99. The van der Waals surface area contributed by atoms with Gasteiger partial charge in [-0.05, 0) is 30.5 Å². The number of nitrogens with two attached hydrogens (primary N) is 1. The first-order chi connectivity index (χ1) is 9.43. The largest absolute Gasteiger partial charge is 0.508 e. The third-order valence-electron chi connectivity index (χ3n) is 2.92. The van der Waals surface area contributed by atoms with E-state index in [0.29, 0.717) is 12.8 Å². The average Bonchev–Trinajstić information content (AvgIpc) is 2.40. The smallest absolute Gasteiger partial charge is 0.326 e. The summed E-state index contributed by atoms with van der Waals surface area (Å²) in [5.74, 6) is -1.41. The number of phenols is 1. The fourth-order valence-electron chi connectivity index (χ4n) is 1.80. The Balaban J connectivity index is 2.57. The van der Waals surface area contributed by atoms with Gasteiger partial charge in [-0.25, -0.2) is 4.79 Å². The van der Waals surface area contributed by atoms with Crippen LogP contribution in [0.4, 0.5) is 0 Å². The zero-order valence-electron chi connectivity index (χ0n) is 11.4. The number of carbonyl (C=O) groups is 2. The summed E-state index contributed by atoms with van der Waals surface area (Å²) in [4.78, 5) is 22.8. The van der Waals surface area contributed by atoms with E-state index in [4.69, 9.17) is 15.9 Å². The molecule has 0 heterocycles. The van der Waals surface area contributed by atoms with Gasteiger partial charge in [-0.15, -0.1) is 0 Å². The van der Waals surface area contributed by atoms with E-state index in [1.807, 2.05) is 6.92 Å². The first-order valence-corrected chi connectivity index (χ1v) is 6.50. The Bertz CT molecular complexity index is 459. The minimum absolute atomic E-state index is 0.139. The van der Waals surface area contributed by atoms with Crippen LogP contribution in [0.25, 0.3) is 0 Å². The predicted octanol–water partition coefficient (Wildman–Crippen LogP) is 0.631. The number of hydrogen-bond donors (Lipinski definition) is 4. The van der Waals surface area contributed by atoms with Crippen LogP contribution in [0, 0.1) is 0 Å². The lowest BCUT2D eigenvalue weighted by atomic mass is 10.0. The Morgan fingerprint density at radius 3 is 2.40 bits per heavy atom. The predicted molar refractivity (Wildman–Crippen MR) is 74.3 cm³/mol. The molecule has 0 unspecified atom stereocenters. The summed E-state index contributed by atoms with van der Waals surface area (Å²) in [5, 5.41) is 20.6. The second-order valence-corrected chi connectivity index (χ2v) is 4.67. The summed E-state index contributed by atoms with van der Waals surface area (Å²) in [6.45, 7) is 1.85. The van der Waals surface area contributed by atoms with Crippen LogP contribution < -0.4 is 11.1 Å². The lowest BCUT2D eigenvalue weighted by Crippen LogP contribution is -2.49. The number of hydrogen-bond acceptors (Lipinski definition) is 4. The van der Waals surface area contributed by atoms with Crippen molar-refractivity contribution in [3.05, 3.63) is 29.8 Å². The van der Waals surface area contributed by atoms with Gasteiger partial charge in [0.1, 0.15) is 11.8 Å². The molecule has 0 saturated carbocycles. The fourth-order valence-corrected chi connectivity index (χ4v) is 1.80. The van der Waals surface area contributed by atoms with Crippen molar-refractivity contribution in [2.24, 2.45) is 5.73 Å². The molecule has 0 radical (unpaired) electrons. The maximum Gasteiger partial charge on any atom is 0.326 e. The second-order valence-electron chi connectivity index (χ2n) is 4.67. The molecular formula is C14H20N2O4. The molecule has 0 fully saturated rings. The van der Waals surface area contributed by atoms with Gasteiger partial charge in [-0.3, -0.25) is 4.79 Å². The van der Waals surface area contributed by atoms with E-state index in [1.54, 1.807) is 12.1 Å². The molecule has 0 aliphatic rings. The molecule has 0 aliphatic carbocycles. The van der Waals surface area contributed by atoms with Gasteiger partial charge in [-0.1, -0.05) is 25.5 Å². The highest BCUT2D eigenvalue weighted by Crippen LogP contribution is 2.11. The summed E-state index contributed by atoms with van der Waals surface area (Å²) in [7, 11) is 0. The van der Waals surface area contributed by atoms with Crippen LogP contribution in [0.1, 0.15) is 25.3 Å². The Morgan fingerprint density at radius 2 is 1.90 bits per heavy atom. The zero-order valence-corrected chi connectivity index (χ0v) is 11.4. The number of carboxylic acids is 1. The molecule has 0 aromatic heterocycles. The third-order valence-corrected chi connectivity index (χ3v) is 2.92. The van der Waals surface area contributed by atoms with Crippen molar-refractivity contribution in [3.63, 3.8) is 0 Å². The monoisotopic (exact) mass is 280 g/mol. The minimum atomic E-state index is -1.06. The van der Waals surface area contributed by atoms with Crippen molar-refractivity contribution in [2.45, 2.75) is 38.3 Å². The molecule has 0 saturated heterocycles. The van der Waals surface area contributed by atoms with Crippen molar-refractivity contribution in [1.82, 2.24) is 5.32 Å². The number of rotatable bonds is 7. The highest BCUT2D eigenvalue weighted by molar-refractivity contribution is 5.86. The standard InChI is InChI=1S/C14H20N2O4/c1-2-3-12(14(19)20)16-13(18)11(15)8-9-4-6-10(17)7-5-9/h4-7,11-12,17H,2-3,8,15H2,1H3,(H,16,18)(H,19,20)/t11-,12-/m0/s1. The van der Waals surface area contributed by atoms with Crippen molar-refractivity contribution in [1.29, 1.82) is 0 Å². The van der Waals surface area contributed by atoms with Crippen LogP contribution in [0.15, 0.2) is 24.3 Å². The van der Waals surface area contributed by atoms with Gasteiger partial charge in [0.2, 0.25) is 5.91 Å². The third kappa shape index (κ3) is 4.89. The normalized spacial score (nSPS) is 13.5. The van der Waals surface area contributed by atoms with Gasteiger partial charge >= 0.3 is 5.97 Å². The maximum atomic E-state index is 11.9. The quantitative estimate of drug-likeness (QED) is 0.585. The number of aliphatic carboxylic acids is 1. The minimum Gasteiger partial charge on any atom is -0.508 e. The van der Waals surface area contributed by atoms with E-state index in [1.165, 1.54) is 12.1 Å². The second kappa shape index (κ2) is 7.49. The lowest BCUT2D eigenvalue weighted by molar-refractivity contribution is -0.142. The van der Waals surface area contributed by atoms with Gasteiger partial charge in [0.15, 0.2) is 0 Å². The van der Waals surface area contributed by atoms with Crippen LogP contribution in [0.3, 0.4) is 0 Å².